The van der Waals surface area contributed by atoms with Crippen LogP contribution < -0.4 is 5.72 Å². The van der Waals surface area contributed by atoms with Crippen LogP contribution in [-0.2, 0) is 6.17 Å². The molecule has 1 aromatic heterocycles. The monoisotopic (exact) mass is 469 g/mol. The fourth-order valence-electron chi connectivity index (χ4n) is 4.89. The Hall–Kier alpha value is -3.63. The van der Waals surface area contributed by atoms with Crippen molar-refractivity contribution in [1.82, 2.24) is 9.55 Å². The molecule has 0 bridgehead atoms. The highest BCUT2D eigenvalue weighted by Gasteiger charge is 2.20. The molecule has 0 spiro atoms. The number of hydrogen-bond acceptors (Lipinski definition) is 1. The van der Waals surface area contributed by atoms with Gasteiger partial charge in [-0.25, -0.2) is 0 Å². The summed E-state index contributed by atoms with van der Waals surface area (Å²) >= 11 is 0. The highest BCUT2D eigenvalue weighted by molar-refractivity contribution is 6.54. The van der Waals surface area contributed by atoms with E-state index in [4.69, 9.17) is 4.98 Å². The van der Waals surface area contributed by atoms with E-state index in [0.717, 1.165) is 11.9 Å². The molecule has 5 rings (SSSR count). The summed E-state index contributed by atoms with van der Waals surface area (Å²) in [5, 5.41) is 0. The van der Waals surface area contributed by atoms with Crippen molar-refractivity contribution >= 4 is 22.5 Å². The molecule has 0 atom stereocenters. The van der Waals surface area contributed by atoms with Gasteiger partial charge in [0.25, 0.3) is 0 Å². The minimum absolute atomic E-state index is 0.182. The van der Waals surface area contributed by atoms with Gasteiger partial charge in [-0.2, -0.15) is 0 Å². The Kier molecular flexibility index (Phi) is 7.72. The van der Waals surface area contributed by atoms with Crippen molar-refractivity contribution in [3.05, 3.63) is 156 Å². The van der Waals surface area contributed by atoms with Crippen LogP contribution in [0.3, 0.4) is 0 Å². The third-order valence-corrected chi connectivity index (χ3v) is 8.46. The van der Waals surface area contributed by atoms with Crippen LogP contribution in [0.5, 0.6) is 0 Å². The molecular formula is C31H30BN2Si. The van der Waals surface area contributed by atoms with E-state index in [9.17, 15) is 0 Å². The van der Waals surface area contributed by atoms with Gasteiger partial charge in [0.15, 0.2) is 0 Å². The molecule has 35 heavy (non-hydrogen) atoms. The Morgan fingerprint density at radius 2 is 1.09 bits per heavy atom. The molecule has 171 valence electrons. The van der Waals surface area contributed by atoms with Crippen molar-refractivity contribution in [3.8, 4) is 0 Å². The lowest BCUT2D eigenvalue weighted by atomic mass is 9.58. The lowest BCUT2D eigenvalue weighted by Gasteiger charge is -2.20. The van der Waals surface area contributed by atoms with Crippen LogP contribution in [0.1, 0.15) is 34.0 Å². The smallest absolute Gasteiger partial charge is 0.215 e. The Morgan fingerprint density at radius 1 is 0.629 bits per heavy atom. The predicted molar refractivity (Wildman–Crippen MR) is 150 cm³/mol. The maximum Gasteiger partial charge on any atom is 0.215 e. The molecule has 0 N–H and O–H groups in total. The maximum absolute atomic E-state index is 4.75. The highest BCUT2D eigenvalue weighted by atomic mass is 28.2. The average molecular weight is 469 g/mol. The molecule has 5 aromatic rings. The second kappa shape index (κ2) is 11.7. The molecule has 4 heteroatoms. The Morgan fingerprint density at radius 3 is 1.57 bits per heavy atom. The van der Waals surface area contributed by atoms with E-state index < -0.39 is 0 Å². The summed E-state index contributed by atoms with van der Waals surface area (Å²) < 4.78 is 2.36. The van der Waals surface area contributed by atoms with E-state index in [1.165, 1.54) is 28.3 Å². The van der Waals surface area contributed by atoms with Crippen LogP contribution >= 0.6 is 0 Å². The van der Waals surface area contributed by atoms with Crippen LogP contribution in [-0.4, -0.2) is 26.4 Å². The molecule has 0 unspecified atom stereocenters. The van der Waals surface area contributed by atoms with Crippen LogP contribution in [0.2, 0.25) is 6.04 Å². The van der Waals surface area contributed by atoms with Crippen molar-refractivity contribution in [2.45, 2.75) is 23.9 Å². The second-order valence-electron chi connectivity index (χ2n) is 8.96. The van der Waals surface area contributed by atoms with Gasteiger partial charge in [0.05, 0.1) is 5.72 Å². The first-order valence-electron chi connectivity index (χ1n) is 12.4. The molecule has 0 saturated carbocycles. The topological polar surface area (TPSA) is 17.8 Å². The summed E-state index contributed by atoms with van der Waals surface area (Å²) in [6, 6.07) is 44.6. The molecule has 0 aliphatic carbocycles. The van der Waals surface area contributed by atoms with Crippen LogP contribution in [0, 0.1) is 0 Å². The summed E-state index contributed by atoms with van der Waals surface area (Å²) in [7, 11) is 1.95. The zero-order valence-electron chi connectivity index (χ0n) is 19.9. The molecule has 4 aromatic carbocycles. The molecule has 1 radical (unpaired) electrons. The van der Waals surface area contributed by atoms with E-state index in [-0.39, 0.29) is 15.3 Å². The van der Waals surface area contributed by atoms with Crippen molar-refractivity contribution in [1.29, 1.82) is 0 Å². The molecule has 0 aliphatic rings. The van der Waals surface area contributed by atoms with E-state index in [1.54, 1.807) is 0 Å². The van der Waals surface area contributed by atoms with Crippen molar-refractivity contribution in [2.24, 2.45) is 0 Å². The molecule has 2 nitrogen and oxygen atoms in total. The van der Waals surface area contributed by atoms with Crippen molar-refractivity contribution in [2.75, 3.05) is 0 Å². The number of aromatic nitrogens is 2. The van der Waals surface area contributed by atoms with Gasteiger partial charge in [0.1, 0.15) is 0 Å². The Labute approximate surface area is 211 Å². The Bertz CT molecular complexity index is 1210. The fourth-order valence-corrected chi connectivity index (χ4v) is 6.86. The SMILES string of the molecule is [B](c1nccn1C[SiH2]CC(c1ccccc1)c1ccccc1)C(c1ccccc1)c1ccccc1. The minimum Gasteiger partial charge on any atom is -0.347 e. The standard InChI is InChI=1S/C31H30BN2Si/c1-5-13-25(14-6-1)29(26-15-7-2-8-16-26)23-35-24-34-22-21-33-31(34)32-30(27-17-9-3-10-18-27)28-19-11-4-12-20-28/h1-22,29-30H,23-24,35H2. The quantitative estimate of drug-likeness (QED) is 0.251. The van der Waals surface area contributed by atoms with Gasteiger partial charge in [0, 0.05) is 34.0 Å². The van der Waals surface area contributed by atoms with Crippen molar-refractivity contribution in [3.63, 3.8) is 0 Å². The predicted octanol–water partition coefficient (Wildman–Crippen LogP) is 5.38. The summed E-state index contributed by atoms with van der Waals surface area (Å²) in [4.78, 5) is 4.75. The summed E-state index contributed by atoms with van der Waals surface area (Å²) in [6.07, 6.45) is 5.17. The molecular weight excluding hydrogens is 439 g/mol. The van der Waals surface area contributed by atoms with E-state index in [2.05, 4.69) is 139 Å². The summed E-state index contributed by atoms with van der Waals surface area (Å²) in [5.74, 6) is 0.642. The Balaban J connectivity index is 1.32. The second-order valence-corrected chi connectivity index (χ2v) is 10.7. The average Bonchev–Trinajstić information content (AvgIpc) is 3.38. The minimum atomic E-state index is -0.371. The highest BCUT2D eigenvalue weighted by Crippen LogP contribution is 2.28. The zero-order valence-corrected chi connectivity index (χ0v) is 21.4. The van der Waals surface area contributed by atoms with E-state index >= 15 is 0 Å². The molecule has 0 fully saturated rings. The first-order valence-corrected chi connectivity index (χ1v) is 14.4. The number of nitrogens with zero attached hydrogens (tertiary/aromatic N) is 2. The van der Waals surface area contributed by atoms with Crippen LogP contribution in [0.25, 0.3) is 0 Å². The van der Waals surface area contributed by atoms with Crippen LogP contribution in [0.4, 0.5) is 0 Å². The van der Waals surface area contributed by atoms with Gasteiger partial charge in [-0.05, 0) is 28.1 Å². The third-order valence-electron chi connectivity index (χ3n) is 6.68. The first kappa shape index (κ1) is 23.1. The molecule has 1 heterocycles. The van der Waals surface area contributed by atoms with Crippen LogP contribution in [0.15, 0.2) is 134 Å². The van der Waals surface area contributed by atoms with Crippen molar-refractivity contribution < 1.29 is 0 Å². The largest absolute Gasteiger partial charge is 0.347 e. The normalized spacial score (nSPS) is 11.5. The van der Waals surface area contributed by atoms with Gasteiger partial charge >= 0.3 is 0 Å². The lowest BCUT2D eigenvalue weighted by Crippen LogP contribution is -2.32. The lowest BCUT2D eigenvalue weighted by molar-refractivity contribution is 0.862. The van der Waals surface area contributed by atoms with Gasteiger partial charge in [-0.15, -0.1) is 0 Å². The summed E-state index contributed by atoms with van der Waals surface area (Å²) in [6.45, 7) is 0. The number of hydrogen-bond donors (Lipinski definition) is 0. The zero-order chi connectivity index (χ0) is 23.7. The number of benzene rings is 4. The molecule has 0 saturated heterocycles. The number of imidazole rings is 1. The molecule has 0 amide bonds. The fraction of sp³-hybridized carbons (Fsp3) is 0.129. The first-order chi connectivity index (χ1) is 17.4. The van der Waals surface area contributed by atoms with Gasteiger partial charge in [-0.1, -0.05) is 127 Å². The maximum atomic E-state index is 4.75. The van der Waals surface area contributed by atoms with Gasteiger partial charge < -0.3 is 4.57 Å². The number of rotatable bonds is 10. The van der Waals surface area contributed by atoms with Gasteiger partial charge in [-0.3, -0.25) is 4.98 Å². The third kappa shape index (κ3) is 5.90. The van der Waals surface area contributed by atoms with E-state index in [1.807, 2.05) is 6.20 Å². The van der Waals surface area contributed by atoms with E-state index in [0.29, 0.717) is 5.92 Å². The molecule has 0 aliphatic heterocycles. The van der Waals surface area contributed by atoms with Gasteiger partial charge in [0.2, 0.25) is 7.28 Å². The summed E-state index contributed by atoms with van der Waals surface area (Å²) in [5.41, 5.74) is 6.47.